The van der Waals surface area contributed by atoms with Gasteiger partial charge in [0.1, 0.15) is 6.54 Å². The van der Waals surface area contributed by atoms with E-state index in [0.29, 0.717) is 43.8 Å². The lowest BCUT2D eigenvalue weighted by atomic mass is 9.69. The molecule has 3 atom stereocenters. The van der Waals surface area contributed by atoms with Crippen LogP contribution in [0.5, 0.6) is 0 Å². The minimum absolute atomic E-state index is 0.0492. The van der Waals surface area contributed by atoms with Gasteiger partial charge in [0, 0.05) is 23.4 Å². The molecule has 34 heavy (non-hydrogen) atoms. The zero-order chi connectivity index (χ0) is 24.8. The zero-order valence-corrected chi connectivity index (χ0v) is 20.9. The van der Waals surface area contributed by atoms with Crippen molar-refractivity contribution in [3.63, 3.8) is 0 Å². The van der Waals surface area contributed by atoms with Crippen molar-refractivity contribution in [2.75, 3.05) is 6.54 Å². The van der Waals surface area contributed by atoms with Gasteiger partial charge in [-0.05, 0) is 36.5 Å². The van der Waals surface area contributed by atoms with Crippen molar-refractivity contribution in [3.8, 4) is 6.07 Å². The van der Waals surface area contributed by atoms with E-state index < -0.39 is 17.4 Å². The van der Waals surface area contributed by atoms with Crippen molar-refractivity contribution in [3.05, 3.63) is 70.7 Å². The molecule has 1 aliphatic rings. The van der Waals surface area contributed by atoms with E-state index in [1.165, 1.54) is 0 Å². The van der Waals surface area contributed by atoms with Crippen LogP contribution in [0.1, 0.15) is 63.5 Å². The van der Waals surface area contributed by atoms with Gasteiger partial charge in [-0.2, -0.15) is 5.26 Å². The molecule has 1 saturated heterocycles. The molecule has 1 heterocycles. The molecule has 5 nitrogen and oxygen atoms in total. The van der Waals surface area contributed by atoms with Crippen LogP contribution in [0.4, 0.5) is 0 Å². The Kier molecular flexibility index (Phi) is 8.52. The standard InChI is InChI=1S/C28H34ClN3O2/c1-21(2)28(20-30,23-11-4-3-5-12-23)16-7-6-15-26(33)32(17-9-14-25(32)27(31)34)19-22-10-8-13-24(29)18-22/h3-5,8,10-13,18,21,25H,6-7,9,14-17,19H2,1-2H3,(H-,31,34)/p+1/t25?,28-,32+/m0/s1. The van der Waals surface area contributed by atoms with Crippen molar-refractivity contribution in [1.29, 1.82) is 5.26 Å². The highest BCUT2D eigenvalue weighted by atomic mass is 35.5. The lowest BCUT2D eigenvalue weighted by Gasteiger charge is -2.36. The van der Waals surface area contributed by atoms with Gasteiger partial charge in [-0.1, -0.05) is 74.3 Å². The number of nitrogens with two attached hydrogens (primary N) is 1. The second-order valence-electron chi connectivity index (χ2n) is 9.81. The van der Waals surface area contributed by atoms with Crippen LogP contribution in [0.2, 0.25) is 5.02 Å². The number of hydrogen-bond donors (Lipinski definition) is 1. The topological polar surface area (TPSA) is 83.9 Å². The minimum atomic E-state index is -0.583. The Hall–Kier alpha value is -2.68. The number of nitriles is 1. The summed E-state index contributed by atoms with van der Waals surface area (Å²) in [5.41, 5.74) is 7.13. The fourth-order valence-corrected chi connectivity index (χ4v) is 5.76. The first-order valence-electron chi connectivity index (χ1n) is 12.2. The third-order valence-electron chi connectivity index (χ3n) is 7.50. The Labute approximate surface area is 208 Å². The monoisotopic (exact) mass is 480 g/mol. The van der Waals surface area contributed by atoms with Gasteiger partial charge in [-0.25, -0.2) is 9.28 Å². The van der Waals surface area contributed by atoms with E-state index in [9.17, 15) is 14.9 Å². The van der Waals surface area contributed by atoms with Crippen LogP contribution in [-0.2, 0) is 21.5 Å². The lowest BCUT2D eigenvalue weighted by Crippen LogP contribution is -2.59. The summed E-state index contributed by atoms with van der Waals surface area (Å²) >= 11 is 6.18. The smallest absolute Gasteiger partial charge is 0.314 e. The van der Waals surface area contributed by atoms with E-state index in [1.807, 2.05) is 48.5 Å². The quantitative estimate of drug-likeness (QED) is 0.359. The van der Waals surface area contributed by atoms with Gasteiger partial charge in [-0.3, -0.25) is 4.79 Å². The van der Waals surface area contributed by atoms with Crippen LogP contribution in [-0.4, -0.2) is 28.9 Å². The summed E-state index contributed by atoms with van der Waals surface area (Å²) in [5.74, 6) is -0.219. The van der Waals surface area contributed by atoms with Crippen LogP contribution in [0, 0.1) is 17.2 Å². The second-order valence-corrected chi connectivity index (χ2v) is 10.2. The highest BCUT2D eigenvalue weighted by Crippen LogP contribution is 2.38. The molecule has 2 amide bonds. The average Bonchev–Trinajstić information content (AvgIpc) is 3.24. The van der Waals surface area contributed by atoms with Gasteiger partial charge in [0.05, 0.1) is 24.4 Å². The van der Waals surface area contributed by atoms with Crippen molar-refractivity contribution in [1.82, 2.24) is 0 Å². The van der Waals surface area contributed by atoms with Crippen molar-refractivity contribution >= 4 is 23.4 Å². The molecule has 2 N–H and O–H groups in total. The Morgan fingerprint density at radius 1 is 1.18 bits per heavy atom. The Morgan fingerprint density at radius 2 is 1.91 bits per heavy atom. The Morgan fingerprint density at radius 3 is 2.53 bits per heavy atom. The summed E-state index contributed by atoms with van der Waals surface area (Å²) in [5, 5.41) is 10.7. The van der Waals surface area contributed by atoms with Gasteiger partial charge in [0.15, 0.2) is 6.04 Å². The van der Waals surface area contributed by atoms with Crippen LogP contribution < -0.4 is 5.73 Å². The molecule has 1 unspecified atom stereocenters. The van der Waals surface area contributed by atoms with Gasteiger partial charge in [-0.15, -0.1) is 0 Å². The molecule has 0 aromatic heterocycles. The fraction of sp³-hybridized carbons (Fsp3) is 0.464. The summed E-state index contributed by atoms with van der Waals surface area (Å²) in [6.45, 7) is 5.19. The number of primary amides is 1. The van der Waals surface area contributed by atoms with Crippen molar-refractivity contribution in [2.24, 2.45) is 11.7 Å². The van der Waals surface area contributed by atoms with Gasteiger partial charge < -0.3 is 5.73 Å². The van der Waals surface area contributed by atoms with Crippen LogP contribution >= 0.6 is 11.6 Å². The SMILES string of the molecule is CC(C)[C@@](C#N)(CCCCC(=O)[N@@+]1(Cc2cccc(Cl)c2)CCCC1C(N)=O)c1ccccc1. The normalized spacial score (nSPS) is 21.7. The molecule has 0 saturated carbocycles. The van der Waals surface area contributed by atoms with Crippen LogP contribution in [0.25, 0.3) is 0 Å². The molecule has 2 aromatic rings. The number of nitrogens with zero attached hydrogens (tertiary/aromatic N) is 2. The molecular weight excluding hydrogens is 446 g/mol. The molecule has 2 aromatic carbocycles. The van der Waals surface area contributed by atoms with Gasteiger partial charge in [0.25, 0.3) is 5.91 Å². The zero-order valence-electron chi connectivity index (χ0n) is 20.2. The van der Waals surface area contributed by atoms with E-state index in [4.69, 9.17) is 17.3 Å². The Balaban J connectivity index is 1.74. The molecule has 0 radical (unpaired) electrons. The Bertz CT molecular complexity index is 1050. The number of amides is 2. The number of carbonyl (C=O) groups is 2. The molecule has 3 rings (SSSR count). The third kappa shape index (κ3) is 5.35. The summed E-state index contributed by atoms with van der Waals surface area (Å²) in [6.07, 6.45) is 3.89. The van der Waals surface area contributed by atoms with Crippen LogP contribution in [0.15, 0.2) is 54.6 Å². The number of halogens is 1. The molecule has 0 aliphatic carbocycles. The molecule has 1 aliphatic heterocycles. The highest BCUT2D eigenvalue weighted by molar-refractivity contribution is 6.30. The maximum absolute atomic E-state index is 13.6. The van der Waals surface area contributed by atoms with Crippen molar-refractivity contribution < 1.29 is 14.1 Å². The van der Waals surface area contributed by atoms with Gasteiger partial charge >= 0.3 is 5.91 Å². The van der Waals surface area contributed by atoms with E-state index in [0.717, 1.165) is 24.0 Å². The number of likely N-dealkylation sites (tertiary alicyclic amines) is 1. The molecule has 6 heteroatoms. The predicted molar refractivity (Wildman–Crippen MR) is 135 cm³/mol. The lowest BCUT2D eigenvalue weighted by molar-refractivity contribution is -0.871. The highest BCUT2D eigenvalue weighted by Gasteiger charge is 2.50. The average molecular weight is 481 g/mol. The van der Waals surface area contributed by atoms with E-state index in [-0.39, 0.29) is 16.3 Å². The first-order valence-corrected chi connectivity index (χ1v) is 12.5. The second kappa shape index (κ2) is 11.2. The summed E-state index contributed by atoms with van der Waals surface area (Å²) in [6, 6.07) is 19.5. The predicted octanol–water partition coefficient (Wildman–Crippen LogP) is 5.51. The summed E-state index contributed by atoms with van der Waals surface area (Å²) < 4.78 is 0.0714. The summed E-state index contributed by atoms with van der Waals surface area (Å²) in [7, 11) is 0. The van der Waals surface area contributed by atoms with E-state index in [1.54, 1.807) is 6.07 Å². The third-order valence-corrected chi connectivity index (χ3v) is 7.73. The maximum atomic E-state index is 13.6. The summed E-state index contributed by atoms with van der Waals surface area (Å²) in [4.78, 5) is 25.9. The van der Waals surface area contributed by atoms with E-state index in [2.05, 4.69) is 19.9 Å². The number of quaternary nitrogens is 1. The number of benzene rings is 2. The number of hydrogen-bond acceptors (Lipinski definition) is 3. The molecule has 0 spiro atoms. The number of unbranched alkanes of at least 4 members (excludes halogenated alkanes) is 1. The van der Waals surface area contributed by atoms with E-state index >= 15 is 0 Å². The molecule has 0 bridgehead atoms. The first-order chi connectivity index (χ1) is 16.2. The molecule has 180 valence electrons. The molecule has 1 fully saturated rings. The number of carbonyl (C=O) groups excluding carboxylic acids is 2. The maximum Gasteiger partial charge on any atom is 0.314 e. The molecular formula is C28H35ClN3O2+. The number of rotatable bonds is 10. The van der Waals surface area contributed by atoms with Gasteiger partial charge in [0.2, 0.25) is 0 Å². The largest absolute Gasteiger partial charge is 0.364 e. The first kappa shape index (κ1) is 25.9. The fourth-order valence-electron chi connectivity index (χ4n) is 5.55. The van der Waals surface area contributed by atoms with Crippen molar-refractivity contribution in [2.45, 2.75) is 70.4 Å². The van der Waals surface area contributed by atoms with Crippen LogP contribution in [0.3, 0.4) is 0 Å². The minimum Gasteiger partial charge on any atom is -0.364 e.